The summed E-state index contributed by atoms with van der Waals surface area (Å²) in [6.45, 7) is 3.97. The van der Waals surface area contributed by atoms with Crippen molar-refractivity contribution in [3.63, 3.8) is 0 Å². The summed E-state index contributed by atoms with van der Waals surface area (Å²) < 4.78 is 5.12. The van der Waals surface area contributed by atoms with Crippen LogP contribution in [0.1, 0.15) is 33.8 Å². The van der Waals surface area contributed by atoms with E-state index < -0.39 is 0 Å². The molecule has 0 unspecified atom stereocenters. The van der Waals surface area contributed by atoms with Gasteiger partial charge in [-0.2, -0.15) is 0 Å². The van der Waals surface area contributed by atoms with Crippen molar-refractivity contribution in [2.24, 2.45) is 0 Å². The molecule has 1 aromatic heterocycles. The highest BCUT2D eigenvalue weighted by molar-refractivity contribution is 7.10. The first-order valence-electron chi connectivity index (χ1n) is 6.10. The Morgan fingerprint density at radius 1 is 1.32 bits per heavy atom. The van der Waals surface area contributed by atoms with Gasteiger partial charge in [-0.3, -0.25) is 4.79 Å². The number of amides is 1. The topological polar surface area (TPSA) is 38.3 Å². The number of thiophene rings is 1. The van der Waals surface area contributed by atoms with Crippen LogP contribution in [0.25, 0.3) is 0 Å². The van der Waals surface area contributed by atoms with Crippen LogP contribution in [0, 0.1) is 6.92 Å². The largest absolute Gasteiger partial charge is 0.497 e. The fraction of sp³-hybridized carbons (Fsp3) is 0.267. The van der Waals surface area contributed by atoms with E-state index in [9.17, 15) is 4.79 Å². The normalized spacial score (nSPS) is 11.9. The van der Waals surface area contributed by atoms with Crippen LogP contribution in [0.15, 0.2) is 35.7 Å². The quantitative estimate of drug-likeness (QED) is 0.926. The molecule has 2 rings (SSSR count). The number of hydrogen-bond donors (Lipinski definition) is 1. The molecule has 2 aromatic rings. The second-order valence-electron chi connectivity index (χ2n) is 4.41. The van der Waals surface area contributed by atoms with Gasteiger partial charge >= 0.3 is 0 Å². The lowest BCUT2D eigenvalue weighted by atomic mass is 10.1. The zero-order chi connectivity index (χ0) is 13.8. The van der Waals surface area contributed by atoms with E-state index in [0.717, 1.165) is 21.8 Å². The van der Waals surface area contributed by atoms with Crippen LogP contribution < -0.4 is 10.1 Å². The molecule has 0 saturated heterocycles. The van der Waals surface area contributed by atoms with E-state index in [-0.39, 0.29) is 11.9 Å². The van der Waals surface area contributed by atoms with Crippen LogP contribution in [-0.2, 0) is 0 Å². The first-order valence-corrected chi connectivity index (χ1v) is 6.98. The molecule has 1 atom stereocenters. The van der Waals surface area contributed by atoms with Crippen LogP contribution in [0.5, 0.6) is 5.75 Å². The van der Waals surface area contributed by atoms with Crippen LogP contribution in [0.3, 0.4) is 0 Å². The summed E-state index contributed by atoms with van der Waals surface area (Å²) >= 11 is 1.58. The molecule has 0 saturated carbocycles. The lowest BCUT2D eigenvalue weighted by Gasteiger charge is -2.14. The van der Waals surface area contributed by atoms with Gasteiger partial charge in [-0.15, -0.1) is 11.3 Å². The molecule has 0 aliphatic rings. The van der Waals surface area contributed by atoms with E-state index in [1.165, 1.54) is 0 Å². The average Bonchev–Trinajstić information content (AvgIpc) is 2.85. The predicted molar refractivity (Wildman–Crippen MR) is 77.9 cm³/mol. The van der Waals surface area contributed by atoms with Crippen molar-refractivity contribution in [3.05, 3.63) is 51.7 Å². The Balaban J connectivity index is 2.03. The average molecular weight is 275 g/mol. The molecule has 0 aliphatic heterocycles. The summed E-state index contributed by atoms with van der Waals surface area (Å²) in [5.74, 6) is 0.781. The second kappa shape index (κ2) is 5.89. The molecule has 0 aliphatic carbocycles. The summed E-state index contributed by atoms with van der Waals surface area (Å²) in [5, 5.41) is 4.87. The summed E-state index contributed by atoms with van der Waals surface area (Å²) in [6, 6.07) is 9.59. The van der Waals surface area contributed by atoms with Crippen molar-refractivity contribution in [1.82, 2.24) is 5.32 Å². The monoisotopic (exact) mass is 275 g/mol. The third-order valence-corrected chi connectivity index (χ3v) is 3.82. The molecular weight excluding hydrogens is 258 g/mol. The molecule has 19 heavy (non-hydrogen) atoms. The van der Waals surface area contributed by atoms with Gasteiger partial charge in [0.1, 0.15) is 5.75 Å². The Bertz CT molecular complexity index is 560. The maximum Gasteiger partial charge on any atom is 0.252 e. The molecule has 100 valence electrons. The molecule has 0 fully saturated rings. The number of rotatable bonds is 4. The highest BCUT2D eigenvalue weighted by atomic mass is 32.1. The van der Waals surface area contributed by atoms with E-state index >= 15 is 0 Å². The van der Waals surface area contributed by atoms with Gasteiger partial charge in [-0.1, -0.05) is 12.1 Å². The van der Waals surface area contributed by atoms with E-state index in [1.807, 2.05) is 49.6 Å². The third-order valence-electron chi connectivity index (χ3n) is 2.96. The van der Waals surface area contributed by atoms with Crippen molar-refractivity contribution < 1.29 is 9.53 Å². The van der Waals surface area contributed by atoms with Crippen molar-refractivity contribution in [2.75, 3.05) is 7.11 Å². The first-order chi connectivity index (χ1) is 9.10. The third kappa shape index (κ3) is 3.35. The van der Waals surface area contributed by atoms with E-state index in [0.29, 0.717) is 0 Å². The maximum atomic E-state index is 12.0. The molecule has 1 aromatic carbocycles. The van der Waals surface area contributed by atoms with Crippen LogP contribution >= 0.6 is 11.3 Å². The Morgan fingerprint density at radius 3 is 2.53 bits per heavy atom. The highest BCUT2D eigenvalue weighted by Gasteiger charge is 2.12. The van der Waals surface area contributed by atoms with Crippen LogP contribution in [0.2, 0.25) is 0 Å². The van der Waals surface area contributed by atoms with Gasteiger partial charge < -0.3 is 10.1 Å². The van der Waals surface area contributed by atoms with Gasteiger partial charge in [0.2, 0.25) is 0 Å². The minimum Gasteiger partial charge on any atom is -0.497 e. The fourth-order valence-corrected chi connectivity index (χ4v) is 2.50. The number of nitrogens with one attached hydrogen (secondary N) is 1. The van der Waals surface area contributed by atoms with Crippen LogP contribution in [-0.4, -0.2) is 13.0 Å². The Hall–Kier alpha value is -1.81. The van der Waals surface area contributed by atoms with Gasteiger partial charge in [-0.25, -0.2) is 0 Å². The molecule has 0 bridgehead atoms. The molecule has 3 nitrogen and oxygen atoms in total. The molecule has 1 amide bonds. The van der Waals surface area contributed by atoms with E-state index in [1.54, 1.807) is 18.4 Å². The van der Waals surface area contributed by atoms with Gasteiger partial charge in [0.25, 0.3) is 5.91 Å². The van der Waals surface area contributed by atoms with Crippen molar-refractivity contribution in [3.8, 4) is 5.75 Å². The number of hydrogen-bond acceptors (Lipinski definition) is 3. The summed E-state index contributed by atoms with van der Waals surface area (Å²) in [6.07, 6.45) is 0. The standard InChI is InChI=1S/C15H17NO2S/c1-10-8-13(9-19-10)15(17)16-11(2)12-4-6-14(18-3)7-5-12/h4-9,11H,1-3H3,(H,16,17)/t11-/m0/s1. The molecule has 0 spiro atoms. The molecule has 1 N–H and O–H groups in total. The second-order valence-corrected chi connectivity index (χ2v) is 5.53. The molecule has 4 heteroatoms. The lowest BCUT2D eigenvalue weighted by Crippen LogP contribution is -2.26. The van der Waals surface area contributed by atoms with Crippen molar-refractivity contribution in [2.45, 2.75) is 19.9 Å². The predicted octanol–water partition coefficient (Wildman–Crippen LogP) is 3.56. The molecule has 1 heterocycles. The minimum atomic E-state index is -0.0346. The van der Waals surface area contributed by atoms with E-state index in [4.69, 9.17) is 4.74 Å². The summed E-state index contributed by atoms with van der Waals surface area (Å²) in [7, 11) is 1.64. The van der Waals surface area contributed by atoms with Gasteiger partial charge in [-0.05, 0) is 37.6 Å². The van der Waals surface area contributed by atoms with Crippen molar-refractivity contribution >= 4 is 17.2 Å². The minimum absolute atomic E-state index is 0.0291. The van der Waals surface area contributed by atoms with E-state index in [2.05, 4.69) is 5.32 Å². The first kappa shape index (κ1) is 13.6. The number of carbonyl (C=O) groups excluding carboxylic acids is 1. The summed E-state index contributed by atoms with van der Waals surface area (Å²) in [4.78, 5) is 13.2. The number of benzene rings is 1. The maximum absolute atomic E-state index is 12.0. The smallest absolute Gasteiger partial charge is 0.252 e. The van der Waals surface area contributed by atoms with Gasteiger partial charge in [0.15, 0.2) is 0 Å². The Kier molecular flexibility index (Phi) is 4.22. The van der Waals surface area contributed by atoms with Crippen LogP contribution in [0.4, 0.5) is 0 Å². The SMILES string of the molecule is COc1ccc([C@H](C)NC(=O)c2csc(C)c2)cc1. The van der Waals surface area contributed by atoms with Crippen molar-refractivity contribution in [1.29, 1.82) is 0 Å². The summed E-state index contributed by atoms with van der Waals surface area (Å²) in [5.41, 5.74) is 1.78. The fourth-order valence-electron chi connectivity index (χ4n) is 1.82. The lowest BCUT2D eigenvalue weighted by molar-refractivity contribution is 0.0940. The molecule has 0 radical (unpaired) electrons. The number of aryl methyl sites for hydroxylation is 1. The number of methoxy groups -OCH3 is 1. The molecular formula is C15H17NO2S. The van der Waals surface area contributed by atoms with Gasteiger partial charge in [0, 0.05) is 10.3 Å². The Labute approximate surface area is 117 Å². The number of carbonyl (C=O) groups is 1. The zero-order valence-electron chi connectivity index (χ0n) is 11.3. The highest BCUT2D eigenvalue weighted by Crippen LogP contribution is 2.19. The van der Waals surface area contributed by atoms with Gasteiger partial charge in [0.05, 0.1) is 18.7 Å². The zero-order valence-corrected chi connectivity index (χ0v) is 12.1. The Morgan fingerprint density at radius 2 is 2.00 bits per heavy atom. The number of ether oxygens (including phenoxy) is 1.